The van der Waals surface area contributed by atoms with E-state index >= 15 is 0 Å². The van der Waals surface area contributed by atoms with Crippen LogP contribution in [0.25, 0.3) is 0 Å². The molecule has 118 valence electrons. The Labute approximate surface area is 126 Å². The van der Waals surface area contributed by atoms with E-state index in [-0.39, 0.29) is 0 Å². The predicted molar refractivity (Wildman–Crippen MR) is 83.9 cm³/mol. The number of methoxy groups -OCH3 is 3. The molecule has 0 bridgehead atoms. The van der Waals surface area contributed by atoms with Crippen LogP contribution in [0.4, 0.5) is 0 Å². The average molecular weight is 295 g/mol. The first-order valence-corrected chi connectivity index (χ1v) is 6.84. The summed E-state index contributed by atoms with van der Waals surface area (Å²) in [5.74, 6) is 2.33. The van der Waals surface area contributed by atoms with E-state index in [0.717, 1.165) is 12.1 Å². The Bertz CT molecular complexity index is 446. The van der Waals surface area contributed by atoms with Gasteiger partial charge in [0.2, 0.25) is 5.75 Å². The van der Waals surface area contributed by atoms with Gasteiger partial charge in [0.05, 0.1) is 21.3 Å². The Balaban J connectivity index is 2.73. The van der Waals surface area contributed by atoms with Gasteiger partial charge in [-0.2, -0.15) is 0 Å². The maximum absolute atomic E-state index is 5.73. The van der Waals surface area contributed by atoms with E-state index in [1.54, 1.807) is 33.5 Å². The van der Waals surface area contributed by atoms with E-state index in [2.05, 4.69) is 25.7 Å². The molecule has 0 saturated carbocycles. The molecule has 1 N–H and O–H groups in total. The van der Waals surface area contributed by atoms with Crippen molar-refractivity contribution in [3.05, 3.63) is 24.3 Å². The number of hydrogen-bond donors (Lipinski definition) is 1. The highest BCUT2D eigenvalue weighted by molar-refractivity contribution is 5.55. The van der Waals surface area contributed by atoms with Crippen LogP contribution in [-0.4, -0.2) is 40.5 Å². The van der Waals surface area contributed by atoms with Crippen LogP contribution in [0, 0.1) is 0 Å². The molecule has 0 atom stereocenters. The summed E-state index contributed by atoms with van der Waals surface area (Å²) >= 11 is 0. The largest absolute Gasteiger partial charge is 0.493 e. The molecule has 1 aromatic carbocycles. The molecule has 21 heavy (non-hydrogen) atoms. The summed E-state index contributed by atoms with van der Waals surface area (Å²) in [6, 6.07) is 3.96. The van der Waals surface area contributed by atoms with Crippen molar-refractivity contribution in [2.45, 2.75) is 19.9 Å². The van der Waals surface area contributed by atoms with Gasteiger partial charge < -0.3 is 24.3 Å². The molecule has 0 radical (unpaired) electrons. The number of ether oxygens (including phenoxy) is 4. The first-order chi connectivity index (χ1) is 10.0. The van der Waals surface area contributed by atoms with E-state index in [0.29, 0.717) is 35.6 Å². The van der Waals surface area contributed by atoms with Crippen molar-refractivity contribution >= 4 is 0 Å². The first-order valence-electron chi connectivity index (χ1n) is 6.84. The van der Waals surface area contributed by atoms with Crippen LogP contribution < -0.4 is 24.3 Å². The van der Waals surface area contributed by atoms with Crippen LogP contribution in [0.5, 0.6) is 23.0 Å². The molecule has 0 aromatic heterocycles. The van der Waals surface area contributed by atoms with Gasteiger partial charge >= 0.3 is 0 Å². The Morgan fingerprint density at radius 3 is 2.10 bits per heavy atom. The molecule has 0 unspecified atom stereocenters. The van der Waals surface area contributed by atoms with E-state index < -0.39 is 0 Å². The number of benzene rings is 1. The smallest absolute Gasteiger partial charge is 0.203 e. The minimum absolute atomic E-state index is 0.419. The zero-order valence-electron chi connectivity index (χ0n) is 13.5. The van der Waals surface area contributed by atoms with Gasteiger partial charge in [-0.15, -0.1) is 0 Å². The van der Waals surface area contributed by atoms with Gasteiger partial charge in [0.25, 0.3) is 0 Å². The minimum Gasteiger partial charge on any atom is -0.493 e. The molecular formula is C16H25NO4. The highest BCUT2D eigenvalue weighted by Gasteiger charge is 2.14. The normalized spacial score (nSPS) is 10.4. The van der Waals surface area contributed by atoms with Gasteiger partial charge in [-0.1, -0.05) is 20.4 Å². The SMILES string of the molecule is C=C(CNC(C)C)COc1cc(OC)c(OC)c(OC)c1. The molecule has 0 aliphatic carbocycles. The summed E-state index contributed by atoms with van der Waals surface area (Å²) in [5, 5.41) is 3.30. The highest BCUT2D eigenvalue weighted by atomic mass is 16.5. The van der Waals surface area contributed by atoms with Crippen molar-refractivity contribution in [1.29, 1.82) is 0 Å². The predicted octanol–water partition coefficient (Wildman–Crippen LogP) is 2.65. The second-order valence-corrected chi connectivity index (χ2v) is 4.94. The fourth-order valence-corrected chi connectivity index (χ4v) is 1.73. The molecule has 1 rings (SSSR count). The summed E-state index contributed by atoms with van der Waals surface area (Å²) in [5.41, 5.74) is 0.970. The Morgan fingerprint density at radius 1 is 1.10 bits per heavy atom. The standard InChI is InChI=1S/C16H25NO4/c1-11(2)17-9-12(3)10-21-13-7-14(18-4)16(20-6)15(8-13)19-5/h7-8,11,17H,3,9-10H2,1-2,4-6H3. The molecule has 0 aliphatic heterocycles. The van der Waals surface area contributed by atoms with Crippen LogP contribution in [-0.2, 0) is 0 Å². The Hall–Kier alpha value is -1.88. The molecule has 0 saturated heterocycles. The van der Waals surface area contributed by atoms with Gasteiger partial charge in [0, 0.05) is 24.7 Å². The van der Waals surface area contributed by atoms with Crippen molar-refractivity contribution in [3.8, 4) is 23.0 Å². The minimum atomic E-state index is 0.419. The van der Waals surface area contributed by atoms with Crippen molar-refractivity contribution in [2.75, 3.05) is 34.5 Å². The summed E-state index contributed by atoms with van der Waals surface area (Å²) in [6.07, 6.45) is 0. The zero-order chi connectivity index (χ0) is 15.8. The summed E-state index contributed by atoms with van der Waals surface area (Å²) in [6.45, 7) is 9.32. The van der Waals surface area contributed by atoms with Gasteiger partial charge in [-0.3, -0.25) is 0 Å². The Kier molecular flexibility index (Phi) is 6.88. The molecular weight excluding hydrogens is 270 g/mol. The third-order valence-corrected chi connectivity index (χ3v) is 2.84. The van der Waals surface area contributed by atoms with Gasteiger partial charge in [0.15, 0.2) is 11.5 Å². The second-order valence-electron chi connectivity index (χ2n) is 4.94. The quantitative estimate of drug-likeness (QED) is 0.710. The third kappa shape index (κ3) is 5.19. The van der Waals surface area contributed by atoms with Crippen molar-refractivity contribution in [1.82, 2.24) is 5.32 Å². The van der Waals surface area contributed by atoms with Crippen LogP contribution in [0.15, 0.2) is 24.3 Å². The molecule has 0 spiro atoms. The lowest BCUT2D eigenvalue weighted by Crippen LogP contribution is -2.26. The first kappa shape index (κ1) is 17.2. The summed E-state index contributed by atoms with van der Waals surface area (Å²) in [7, 11) is 4.72. The average Bonchev–Trinajstić information content (AvgIpc) is 2.49. The highest BCUT2D eigenvalue weighted by Crippen LogP contribution is 2.40. The number of nitrogens with one attached hydrogen (secondary N) is 1. The molecule has 0 fully saturated rings. The topological polar surface area (TPSA) is 49.0 Å². The van der Waals surface area contributed by atoms with E-state index in [4.69, 9.17) is 18.9 Å². The second kappa shape index (κ2) is 8.42. The molecule has 0 amide bonds. The lowest BCUT2D eigenvalue weighted by atomic mass is 10.2. The maximum Gasteiger partial charge on any atom is 0.203 e. The third-order valence-electron chi connectivity index (χ3n) is 2.84. The molecule has 5 nitrogen and oxygen atoms in total. The van der Waals surface area contributed by atoms with Crippen LogP contribution in [0.3, 0.4) is 0 Å². The van der Waals surface area contributed by atoms with Gasteiger partial charge in [-0.25, -0.2) is 0 Å². The number of rotatable bonds is 9. The van der Waals surface area contributed by atoms with E-state index in [9.17, 15) is 0 Å². The maximum atomic E-state index is 5.73. The molecule has 0 heterocycles. The fourth-order valence-electron chi connectivity index (χ4n) is 1.73. The summed E-state index contributed by atoms with van der Waals surface area (Å²) < 4.78 is 21.6. The molecule has 5 heteroatoms. The van der Waals surface area contributed by atoms with Gasteiger partial charge in [0.1, 0.15) is 12.4 Å². The monoisotopic (exact) mass is 295 g/mol. The molecule has 0 aliphatic rings. The van der Waals surface area contributed by atoms with E-state index in [1.165, 1.54) is 0 Å². The lowest BCUT2D eigenvalue weighted by Gasteiger charge is -2.15. The van der Waals surface area contributed by atoms with E-state index in [1.807, 2.05) is 0 Å². The Morgan fingerprint density at radius 2 is 1.67 bits per heavy atom. The van der Waals surface area contributed by atoms with Gasteiger partial charge in [-0.05, 0) is 5.57 Å². The lowest BCUT2D eigenvalue weighted by molar-refractivity contribution is 0.310. The zero-order valence-corrected chi connectivity index (χ0v) is 13.5. The molecule has 1 aromatic rings. The van der Waals surface area contributed by atoms with Crippen LogP contribution >= 0.6 is 0 Å². The summed E-state index contributed by atoms with van der Waals surface area (Å²) in [4.78, 5) is 0. The fraction of sp³-hybridized carbons (Fsp3) is 0.500. The van der Waals surface area contributed by atoms with Crippen molar-refractivity contribution in [3.63, 3.8) is 0 Å². The van der Waals surface area contributed by atoms with Crippen molar-refractivity contribution < 1.29 is 18.9 Å². The van der Waals surface area contributed by atoms with Crippen LogP contribution in [0.2, 0.25) is 0 Å². The van der Waals surface area contributed by atoms with Crippen molar-refractivity contribution in [2.24, 2.45) is 0 Å². The van der Waals surface area contributed by atoms with Crippen LogP contribution in [0.1, 0.15) is 13.8 Å². The number of hydrogen-bond acceptors (Lipinski definition) is 5.